The molecule has 0 heterocycles. The van der Waals surface area contributed by atoms with Crippen molar-refractivity contribution in [2.24, 2.45) is 5.41 Å². The Labute approximate surface area is 102 Å². The quantitative estimate of drug-likeness (QED) is 0.821. The Balaban J connectivity index is 2.54. The average Bonchev–Trinajstić information content (AvgIpc) is 2.26. The Morgan fingerprint density at radius 1 is 1.41 bits per heavy atom. The highest BCUT2D eigenvalue weighted by atomic mass is 16.2. The highest BCUT2D eigenvalue weighted by Gasteiger charge is 2.11. The van der Waals surface area contributed by atoms with Gasteiger partial charge in [-0.15, -0.1) is 0 Å². The molecular weight excluding hydrogens is 214 g/mol. The van der Waals surface area contributed by atoms with Crippen molar-refractivity contribution in [1.29, 1.82) is 5.26 Å². The third kappa shape index (κ3) is 5.03. The van der Waals surface area contributed by atoms with Gasteiger partial charge in [-0.1, -0.05) is 26.8 Å². The number of urea groups is 1. The maximum Gasteiger partial charge on any atom is 0.319 e. The number of hydrogen-bond acceptors (Lipinski definition) is 2. The molecule has 0 saturated carbocycles. The highest BCUT2D eigenvalue weighted by Crippen LogP contribution is 2.11. The third-order valence-corrected chi connectivity index (χ3v) is 2.03. The van der Waals surface area contributed by atoms with Gasteiger partial charge in [0.15, 0.2) is 0 Å². The first-order chi connectivity index (χ1) is 7.90. The zero-order valence-electron chi connectivity index (χ0n) is 10.4. The van der Waals surface area contributed by atoms with Crippen LogP contribution in [0.25, 0.3) is 0 Å². The molecule has 0 aliphatic heterocycles. The van der Waals surface area contributed by atoms with Crippen LogP contribution >= 0.6 is 0 Å². The van der Waals surface area contributed by atoms with E-state index in [1.807, 2.05) is 26.8 Å². The lowest BCUT2D eigenvalue weighted by Gasteiger charge is -2.18. The number of benzene rings is 1. The van der Waals surface area contributed by atoms with Crippen molar-refractivity contribution in [3.8, 4) is 6.07 Å². The Morgan fingerprint density at radius 2 is 2.12 bits per heavy atom. The van der Waals surface area contributed by atoms with Crippen LogP contribution < -0.4 is 10.6 Å². The summed E-state index contributed by atoms with van der Waals surface area (Å²) in [6.45, 7) is 6.73. The van der Waals surface area contributed by atoms with E-state index in [0.29, 0.717) is 17.8 Å². The Kier molecular flexibility index (Phi) is 4.11. The van der Waals surface area contributed by atoms with Crippen molar-refractivity contribution >= 4 is 11.7 Å². The number of nitrogens with zero attached hydrogens (tertiary/aromatic N) is 1. The second kappa shape index (κ2) is 5.35. The normalized spacial score (nSPS) is 10.5. The van der Waals surface area contributed by atoms with Crippen LogP contribution in [-0.4, -0.2) is 12.6 Å². The number of anilines is 1. The Hall–Kier alpha value is -2.02. The second-order valence-electron chi connectivity index (χ2n) is 5.06. The van der Waals surface area contributed by atoms with Crippen LogP contribution in [0.1, 0.15) is 26.3 Å². The molecule has 0 aliphatic rings. The molecule has 1 aromatic rings. The highest BCUT2D eigenvalue weighted by molar-refractivity contribution is 5.89. The van der Waals surface area contributed by atoms with Gasteiger partial charge < -0.3 is 10.6 Å². The molecule has 0 saturated heterocycles. The number of nitrogens with one attached hydrogen (secondary N) is 2. The SMILES string of the molecule is CC(C)(C)CNC(=O)Nc1cccc(C#N)c1. The summed E-state index contributed by atoms with van der Waals surface area (Å²) >= 11 is 0. The zero-order valence-corrected chi connectivity index (χ0v) is 10.4. The van der Waals surface area contributed by atoms with Gasteiger partial charge in [-0.25, -0.2) is 4.79 Å². The van der Waals surface area contributed by atoms with Gasteiger partial charge in [0.2, 0.25) is 0 Å². The minimum absolute atomic E-state index is 0.0475. The van der Waals surface area contributed by atoms with Gasteiger partial charge in [0.25, 0.3) is 0 Å². The Bertz CT molecular complexity index is 441. The summed E-state index contributed by atoms with van der Waals surface area (Å²) < 4.78 is 0. The molecule has 0 fully saturated rings. The summed E-state index contributed by atoms with van der Waals surface area (Å²) in [5, 5.41) is 14.2. The van der Waals surface area contributed by atoms with Crippen molar-refractivity contribution in [2.75, 3.05) is 11.9 Å². The van der Waals surface area contributed by atoms with Crippen molar-refractivity contribution < 1.29 is 4.79 Å². The van der Waals surface area contributed by atoms with E-state index >= 15 is 0 Å². The lowest BCUT2D eigenvalue weighted by Crippen LogP contribution is -2.35. The van der Waals surface area contributed by atoms with E-state index in [0.717, 1.165) is 0 Å². The molecule has 0 unspecified atom stereocenters. The van der Waals surface area contributed by atoms with Gasteiger partial charge >= 0.3 is 6.03 Å². The van der Waals surface area contributed by atoms with E-state index in [-0.39, 0.29) is 11.4 Å². The third-order valence-electron chi connectivity index (χ3n) is 2.03. The molecule has 2 N–H and O–H groups in total. The minimum Gasteiger partial charge on any atom is -0.337 e. The average molecular weight is 231 g/mol. The standard InChI is InChI=1S/C13H17N3O/c1-13(2,3)9-15-12(17)16-11-6-4-5-10(7-11)8-14/h4-7H,9H2,1-3H3,(H2,15,16,17). The first-order valence-corrected chi connectivity index (χ1v) is 5.46. The van der Waals surface area contributed by atoms with Crippen LogP contribution in [-0.2, 0) is 0 Å². The maximum atomic E-state index is 11.6. The number of hydrogen-bond donors (Lipinski definition) is 2. The second-order valence-corrected chi connectivity index (χ2v) is 5.06. The van der Waals surface area contributed by atoms with Crippen LogP contribution in [0.3, 0.4) is 0 Å². The first-order valence-electron chi connectivity index (χ1n) is 5.46. The van der Waals surface area contributed by atoms with E-state index in [9.17, 15) is 4.79 Å². The van der Waals surface area contributed by atoms with Gasteiger partial charge in [0.1, 0.15) is 0 Å². The molecule has 4 nitrogen and oxygen atoms in total. The minimum atomic E-state index is -0.255. The molecule has 0 spiro atoms. The lowest BCUT2D eigenvalue weighted by molar-refractivity contribution is 0.247. The van der Waals surface area contributed by atoms with Crippen LogP contribution in [0.5, 0.6) is 0 Å². The predicted molar refractivity (Wildman–Crippen MR) is 67.6 cm³/mol. The number of amides is 2. The van der Waals surface area contributed by atoms with Crippen molar-refractivity contribution in [3.05, 3.63) is 29.8 Å². The number of carbonyl (C=O) groups excluding carboxylic acids is 1. The van der Waals surface area contributed by atoms with E-state index in [4.69, 9.17) is 5.26 Å². The summed E-state index contributed by atoms with van der Waals surface area (Å²) in [5.41, 5.74) is 1.19. The van der Waals surface area contributed by atoms with E-state index < -0.39 is 0 Å². The van der Waals surface area contributed by atoms with Gasteiger partial charge in [0, 0.05) is 12.2 Å². The number of rotatable bonds is 2. The van der Waals surface area contributed by atoms with E-state index in [2.05, 4.69) is 10.6 Å². The fourth-order valence-corrected chi connectivity index (χ4v) is 1.19. The molecule has 17 heavy (non-hydrogen) atoms. The summed E-state index contributed by atoms with van der Waals surface area (Å²) in [7, 11) is 0. The molecule has 1 aromatic carbocycles. The van der Waals surface area contributed by atoms with Crippen LogP contribution in [0.4, 0.5) is 10.5 Å². The summed E-state index contributed by atoms with van der Waals surface area (Å²) in [5.74, 6) is 0. The summed E-state index contributed by atoms with van der Waals surface area (Å²) in [6, 6.07) is 8.58. The smallest absolute Gasteiger partial charge is 0.319 e. The van der Waals surface area contributed by atoms with Gasteiger partial charge in [-0.05, 0) is 23.6 Å². The molecule has 0 bridgehead atoms. The Morgan fingerprint density at radius 3 is 2.71 bits per heavy atom. The van der Waals surface area contributed by atoms with Gasteiger partial charge in [0.05, 0.1) is 11.6 Å². The monoisotopic (exact) mass is 231 g/mol. The predicted octanol–water partition coefficient (Wildman–Crippen LogP) is 2.73. The van der Waals surface area contributed by atoms with Gasteiger partial charge in [-0.2, -0.15) is 5.26 Å². The first kappa shape index (κ1) is 13.0. The fourth-order valence-electron chi connectivity index (χ4n) is 1.19. The summed E-state index contributed by atoms with van der Waals surface area (Å²) in [6.07, 6.45) is 0. The molecule has 4 heteroatoms. The molecule has 0 atom stereocenters. The molecule has 1 rings (SSSR count). The van der Waals surface area contributed by atoms with Crippen LogP contribution in [0.2, 0.25) is 0 Å². The molecule has 0 aliphatic carbocycles. The topological polar surface area (TPSA) is 64.9 Å². The lowest BCUT2D eigenvalue weighted by atomic mass is 9.97. The summed E-state index contributed by atoms with van der Waals surface area (Å²) in [4.78, 5) is 11.6. The molecule has 0 radical (unpaired) electrons. The molecule has 0 aromatic heterocycles. The fraction of sp³-hybridized carbons (Fsp3) is 0.385. The zero-order chi connectivity index (χ0) is 12.9. The molecule has 2 amide bonds. The van der Waals surface area contributed by atoms with Crippen LogP contribution in [0.15, 0.2) is 24.3 Å². The number of carbonyl (C=O) groups is 1. The van der Waals surface area contributed by atoms with Gasteiger partial charge in [-0.3, -0.25) is 0 Å². The maximum absolute atomic E-state index is 11.6. The van der Waals surface area contributed by atoms with E-state index in [1.165, 1.54) is 0 Å². The van der Waals surface area contributed by atoms with Crippen molar-refractivity contribution in [3.63, 3.8) is 0 Å². The van der Waals surface area contributed by atoms with Crippen molar-refractivity contribution in [2.45, 2.75) is 20.8 Å². The molecular formula is C13H17N3O. The number of nitriles is 1. The van der Waals surface area contributed by atoms with E-state index in [1.54, 1.807) is 24.3 Å². The van der Waals surface area contributed by atoms with Crippen LogP contribution in [0, 0.1) is 16.7 Å². The molecule has 90 valence electrons. The van der Waals surface area contributed by atoms with Crippen molar-refractivity contribution in [1.82, 2.24) is 5.32 Å². The largest absolute Gasteiger partial charge is 0.337 e.